The number of benzene rings is 1. The molecule has 0 radical (unpaired) electrons. The Morgan fingerprint density at radius 3 is 2.69 bits per heavy atom. The van der Waals surface area contributed by atoms with E-state index in [9.17, 15) is 4.79 Å². The van der Waals surface area contributed by atoms with Crippen molar-refractivity contribution in [3.8, 4) is 6.07 Å². The third kappa shape index (κ3) is 1.82. The van der Waals surface area contributed by atoms with Gasteiger partial charge in [0.25, 0.3) is 0 Å². The van der Waals surface area contributed by atoms with E-state index in [4.69, 9.17) is 10.4 Å². The topological polar surface area (TPSA) is 61.1 Å². The van der Waals surface area contributed by atoms with Crippen LogP contribution in [0.1, 0.15) is 21.5 Å². The van der Waals surface area contributed by atoms with Gasteiger partial charge in [-0.15, -0.1) is 12.6 Å². The molecule has 0 saturated carbocycles. The molecule has 0 amide bonds. The van der Waals surface area contributed by atoms with E-state index < -0.39 is 5.97 Å². The number of hydrogen-bond acceptors (Lipinski definition) is 3. The molecule has 66 valence electrons. The number of carboxylic acids is 1. The van der Waals surface area contributed by atoms with E-state index in [1.165, 1.54) is 6.07 Å². The summed E-state index contributed by atoms with van der Waals surface area (Å²) in [7, 11) is 0. The second-order valence-corrected chi connectivity index (χ2v) is 3.10. The summed E-state index contributed by atoms with van der Waals surface area (Å²) >= 11 is 4.01. The van der Waals surface area contributed by atoms with Crippen LogP contribution in [0.4, 0.5) is 0 Å². The largest absolute Gasteiger partial charge is 0.478 e. The zero-order chi connectivity index (χ0) is 10.0. The number of carbonyl (C=O) groups is 1. The van der Waals surface area contributed by atoms with Gasteiger partial charge < -0.3 is 5.11 Å². The van der Waals surface area contributed by atoms with Gasteiger partial charge in [0.2, 0.25) is 0 Å². The molecule has 0 unspecified atom stereocenters. The Balaban J connectivity index is 3.47. The number of thiol groups is 1. The van der Waals surface area contributed by atoms with Gasteiger partial charge in [-0.3, -0.25) is 0 Å². The minimum absolute atomic E-state index is 0.129. The summed E-state index contributed by atoms with van der Waals surface area (Å²) in [4.78, 5) is 11.2. The molecule has 0 aliphatic heterocycles. The number of hydrogen-bond donors (Lipinski definition) is 2. The summed E-state index contributed by atoms with van der Waals surface area (Å²) in [5.41, 5.74) is 0.960. The van der Waals surface area contributed by atoms with Crippen LogP contribution in [-0.2, 0) is 0 Å². The van der Waals surface area contributed by atoms with Crippen molar-refractivity contribution in [3.05, 3.63) is 28.8 Å². The normalized spacial score (nSPS) is 9.31. The molecule has 13 heavy (non-hydrogen) atoms. The van der Waals surface area contributed by atoms with Gasteiger partial charge in [0.15, 0.2) is 0 Å². The molecule has 0 aromatic heterocycles. The van der Waals surface area contributed by atoms with Gasteiger partial charge in [-0.05, 0) is 24.6 Å². The van der Waals surface area contributed by atoms with E-state index in [0.29, 0.717) is 16.0 Å². The lowest BCUT2D eigenvalue weighted by Gasteiger charge is -2.03. The molecule has 1 N–H and O–H groups in total. The van der Waals surface area contributed by atoms with Crippen molar-refractivity contribution in [2.45, 2.75) is 11.8 Å². The monoisotopic (exact) mass is 193 g/mol. The fourth-order valence-electron chi connectivity index (χ4n) is 1.04. The number of carboxylic acid groups (broad SMARTS) is 1. The second-order valence-electron chi connectivity index (χ2n) is 2.58. The van der Waals surface area contributed by atoms with Crippen LogP contribution in [0, 0.1) is 18.3 Å². The van der Waals surface area contributed by atoms with Gasteiger partial charge in [0, 0.05) is 4.90 Å². The Morgan fingerprint density at radius 1 is 1.62 bits per heavy atom. The predicted molar refractivity (Wildman–Crippen MR) is 50.1 cm³/mol. The van der Waals surface area contributed by atoms with Crippen LogP contribution in [-0.4, -0.2) is 11.1 Å². The van der Waals surface area contributed by atoms with E-state index in [1.807, 2.05) is 6.07 Å². The fraction of sp³-hybridized carbons (Fsp3) is 0.111. The summed E-state index contributed by atoms with van der Waals surface area (Å²) < 4.78 is 0. The quantitative estimate of drug-likeness (QED) is 0.669. The van der Waals surface area contributed by atoms with Gasteiger partial charge in [-0.25, -0.2) is 4.79 Å². The molecule has 1 aromatic rings. The molecule has 0 aliphatic rings. The molecule has 1 rings (SSSR count). The maximum absolute atomic E-state index is 10.7. The first-order valence-corrected chi connectivity index (χ1v) is 3.98. The minimum atomic E-state index is -1.04. The van der Waals surface area contributed by atoms with Crippen molar-refractivity contribution in [3.63, 3.8) is 0 Å². The van der Waals surface area contributed by atoms with Crippen molar-refractivity contribution in [2.75, 3.05) is 0 Å². The standard InChI is InChI=1S/C9H7NO2S/c1-5-6(4-10)2-7(13)3-8(5)9(11)12/h2-3,13H,1H3,(H,11,12). The Kier molecular flexibility index (Phi) is 2.59. The van der Waals surface area contributed by atoms with Crippen molar-refractivity contribution in [1.82, 2.24) is 0 Å². The molecular weight excluding hydrogens is 186 g/mol. The molecule has 0 heterocycles. The number of nitrogens with zero attached hydrogens (tertiary/aromatic N) is 1. The van der Waals surface area contributed by atoms with Crippen LogP contribution in [0.15, 0.2) is 17.0 Å². The highest BCUT2D eigenvalue weighted by Gasteiger charge is 2.11. The molecule has 0 spiro atoms. The van der Waals surface area contributed by atoms with Crippen molar-refractivity contribution < 1.29 is 9.90 Å². The first kappa shape index (κ1) is 9.62. The SMILES string of the molecule is Cc1c(C#N)cc(S)cc1C(=O)O. The molecule has 3 nitrogen and oxygen atoms in total. The van der Waals surface area contributed by atoms with Gasteiger partial charge >= 0.3 is 5.97 Å². The van der Waals surface area contributed by atoms with E-state index in [0.717, 1.165) is 0 Å². The Morgan fingerprint density at radius 2 is 2.23 bits per heavy atom. The Bertz CT molecular complexity index is 407. The molecule has 0 fully saturated rings. The van der Waals surface area contributed by atoms with Crippen LogP contribution >= 0.6 is 12.6 Å². The number of rotatable bonds is 1. The lowest BCUT2D eigenvalue weighted by Crippen LogP contribution is -2.01. The highest BCUT2D eigenvalue weighted by molar-refractivity contribution is 7.80. The minimum Gasteiger partial charge on any atom is -0.478 e. The van der Waals surface area contributed by atoms with Crippen LogP contribution in [0.3, 0.4) is 0 Å². The average molecular weight is 193 g/mol. The third-order valence-electron chi connectivity index (χ3n) is 1.74. The molecule has 0 saturated heterocycles. The van der Waals surface area contributed by atoms with Crippen molar-refractivity contribution in [2.24, 2.45) is 0 Å². The van der Waals surface area contributed by atoms with Gasteiger partial charge in [0.05, 0.1) is 17.2 Å². The van der Waals surface area contributed by atoms with E-state index >= 15 is 0 Å². The first-order valence-electron chi connectivity index (χ1n) is 3.53. The van der Waals surface area contributed by atoms with E-state index in [2.05, 4.69) is 12.6 Å². The van der Waals surface area contributed by atoms with E-state index in [1.54, 1.807) is 13.0 Å². The fourth-order valence-corrected chi connectivity index (χ4v) is 1.30. The molecular formula is C9H7NO2S. The molecule has 4 heteroatoms. The summed E-state index contributed by atoms with van der Waals surface area (Å²) in [6.07, 6.45) is 0. The predicted octanol–water partition coefficient (Wildman–Crippen LogP) is 1.85. The maximum atomic E-state index is 10.7. The average Bonchev–Trinajstić information content (AvgIpc) is 2.08. The molecule has 0 aliphatic carbocycles. The van der Waals surface area contributed by atoms with Gasteiger partial charge in [-0.2, -0.15) is 5.26 Å². The molecule has 1 aromatic carbocycles. The molecule has 0 bridgehead atoms. The second kappa shape index (κ2) is 3.50. The van der Waals surface area contributed by atoms with E-state index in [-0.39, 0.29) is 5.56 Å². The first-order chi connectivity index (χ1) is 6.06. The summed E-state index contributed by atoms with van der Waals surface area (Å²) in [6, 6.07) is 4.90. The zero-order valence-electron chi connectivity index (χ0n) is 6.90. The smallest absolute Gasteiger partial charge is 0.336 e. The van der Waals surface area contributed by atoms with Crippen LogP contribution in [0.5, 0.6) is 0 Å². The number of aromatic carboxylic acids is 1. The zero-order valence-corrected chi connectivity index (χ0v) is 7.80. The van der Waals surface area contributed by atoms with Gasteiger partial charge in [0.1, 0.15) is 0 Å². The highest BCUT2D eigenvalue weighted by atomic mass is 32.1. The maximum Gasteiger partial charge on any atom is 0.336 e. The summed E-state index contributed by atoms with van der Waals surface area (Å²) in [6.45, 7) is 1.61. The van der Waals surface area contributed by atoms with Crippen molar-refractivity contribution >= 4 is 18.6 Å². The Labute approximate surface area is 81.0 Å². The lowest BCUT2D eigenvalue weighted by molar-refractivity contribution is 0.0696. The highest BCUT2D eigenvalue weighted by Crippen LogP contribution is 2.18. The molecule has 0 atom stereocenters. The van der Waals surface area contributed by atoms with Crippen molar-refractivity contribution in [1.29, 1.82) is 5.26 Å². The van der Waals surface area contributed by atoms with Crippen LogP contribution < -0.4 is 0 Å². The summed E-state index contributed by atoms with van der Waals surface area (Å²) in [5.74, 6) is -1.04. The number of nitriles is 1. The third-order valence-corrected chi connectivity index (χ3v) is 2.00. The lowest BCUT2D eigenvalue weighted by atomic mass is 10.0. The summed E-state index contributed by atoms with van der Waals surface area (Å²) in [5, 5.41) is 17.4. The van der Waals surface area contributed by atoms with Gasteiger partial charge in [-0.1, -0.05) is 0 Å². The van der Waals surface area contributed by atoms with Crippen LogP contribution in [0.2, 0.25) is 0 Å². The van der Waals surface area contributed by atoms with Crippen LogP contribution in [0.25, 0.3) is 0 Å². The Hall–Kier alpha value is -1.47.